The van der Waals surface area contributed by atoms with Gasteiger partial charge in [-0.25, -0.2) is 9.59 Å². The van der Waals surface area contributed by atoms with Crippen molar-refractivity contribution in [2.45, 2.75) is 31.3 Å². The van der Waals surface area contributed by atoms with E-state index < -0.39 is 24.0 Å². The van der Waals surface area contributed by atoms with Gasteiger partial charge >= 0.3 is 18.0 Å². The highest BCUT2D eigenvalue weighted by molar-refractivity contribution is 6.35. The van der Waals surface area contributed by atoms with Crippen LogP contribution in [0.25, 0.3) is 0 Å². The Hall–Kier alpha value is -2.81. The van der Waals surface area contributed by atoms with E-state index in [9.17, 15) is 19.5 Å². The quantitative estimate of drug-likeness (QED) is 0.476. The average molecular weight is 480 g/mol. The molecule has 2 atom stereocenters. The van der Waals surface area contributed by atoms with Gasteiger partial charge in [-0.3, -0.25) is 9.69 Å². The molecule has 3 rings (SSSR count). The number of benzene rings is 2. The van der Waals surface area contributed by atoms with Crippen molar-refractivity contribution < 1.29 is 24.6 Å². The molecule has 0 fully saturated rings. The molecule has 1 heterocycles. The van der Waals surface area contributed by atoms with Gasteiger partial charge in [0.05, 0.1) is 6.04 Å². The molecule has 8 nitrogen and oxygen atoms in total. The van der Waals surface area contributed by atoms with Gasteiger partial charge in [0.2, 0.25) is 0 Å². The first-order valence-electron chi connectivity index (χ1n) is 9.96. The molecule has 0 radical (unpaired) electrons. The van der Waals surface area contributed by atoms with Gasteiger partial charge in [0, 0.05) is 28.7 Å². The Bertz CT molecular complexity index is 1050. The summed E-state index contributed by atoms with van der Waals surface area (Å²) in [6.45, 7) is 0.802. The Morgan fingerprint density at radius 3 is 2.62 bits per heavy atom. The highest BCUT2D eigenvalue weighted by Gasteiger charge is 2.29. The van der Waals surface area contributed by atoms with Crippen LogP contribution in [0.4, 0.5) is 10.5 Å². The maximum absolute atomic E-state index is 12.3. The molecule has 32 heavy (non-hydrogen) atoms. The van der Waals surface area contributed by atoms with Crippen LogP contribution in [0, 0.1) is 0 Å². The maximum Gasteiger partial charge on any atom is 0.326 e. The van der Waals surface area contributed by atoms with Crippen molar-refractivity contribution in [2.75, 3.05) is 18.9 Å². The molecule has 4 N–H and O–H groups in total. The topological polar surface area (TPSA) is 119 Å². The molecule has 0 saturated carbocycles. The Balaban J connectivity index is 1.80. The molecule has 0 bridgehead atoms. The van der Waals surface area contributed by atoms with E-state index in [2.05, 4.69) is 15.5 Å². The molecular formula is C22H23Cl2N3O5. The Morgan fingerprint density at radius 1 is 1.19 bits per heavy atom. The molecule has 2 aromatic carbocycles. The summed E-state index contributed by atoms with van der Waals surface area (Å²) in [6, 6.07) is 8.64. The van der Waals surface area contributed by atoms with Gasteiger partial charge in [0.25, 0.3) is 0 Å². The number of carboxylic acids is 2. The van der Waals surface area contributed by atoms with Crippen molar-refractivity contribution >= 4 is 46.9 Å². The van der Waals surface area contributed by atoms with Crippen LogP contribution < -0.4 is 10.6 Å². The normalized spacial score (nSPS) is 16.7. The SMILES string of the molecule is CN1CCc2cc(Cl)cc(Cl)c2C1c1cccc(NC(=O)N[C@@H](CCC(=O)O)C(=O)O)c1. The summed E-state index contributed by atoms with van der Waals surface area (Å²) < 4.78 is 0. The number of urea groups is 1. The number of rotatable bonds is 7. The largest absolute Gasteiger partial charge is 0.481 e. The first-order valence-corrected chi connectivity index (χ1v) is 10.7. The van der Waals surface area contributed by atoms with Crippen molar-refractivity contribution in [1.29, 1.82) is 0 Å². The molecule has 0 spiro atoms. The number of aliphatic carboxylic acids is 2. The first kappa shape index (κ1) is 23.8. The highest BCUT2D eigenvalue weighted by Crippen LogP contribution is 2.40. The minimum Gasteiger partial charge on any atom is -0.481 e. The maximum atomic E-state index is 12.3. The lowest BCUT2D eigenvalue weighted by molar-refractivity contribution is -0.140. The fourth-order valence-electron chi connectivity index (χ4n) is 3.86. The minimum absolute atomic E-state index is 0.143. The molecule has 1 aliphatic rings. The lowest BCUT2D eigenvalue weighted by atomic mass is 9.88. The average Bonchev–Trinajstić information content (AvgIpc) is 2.71. The number of nitrogens with zero attached hydrogens (tertiary/aromatic N) is 1. The molecule has 0 saturated heterocycles. The van der Waals surface area contributed by atoms with Gasteiger partial charge in [-0.15, -0.1) is 0 Å². The zero-order valence-electron chi connectivity index (χ0n) is 17.3. The van der Waals surface area contributed by atoms with E-state index in [4.69, 9.17) is 28.3 Å². The number of likely N-dealkylation sites (N-methyl/N-ethyl adjacent to an activating group) is 1. The number of hydrogen-bond acceptors (Lipinski definition) is 4. The lowest BCUT2D eigenvalue weighted by Crippen LogP contribution is -2.43. The number of carbonyl (C=O) groups is 3. The van der Waals surface area contributed by atoms with Crippen LogP contribution in [-0.4, -0.2) is 52.7 Å². The van der Waals surface area contributed by atoms with Crippen molar-refractivity contribution in [2.24, 2.45) is 0 Å². The molecule has 0 aromatic heterocycles. The third kappa shape index (κ3) is 5.70. The van der Waals surface area contributed by atoms with Crippen LogP contribution in [0.3, 0.4) is 0 Å². The van der Waals surface area contributed by atoms with Crippen LogP contribution in [0.5, 0.6) is 0 Å². The van der Waals surface area contributed by atoms with E-state index >= 15 is 0 Å². The molecule has 2 amide bonds. The molecule has 170 valence electrons. The Kier molecular flexibility index (Phi) is 7.60. The highest BCUT2D eigenvalue weighted by atomic mass is 35.5. The summed E-state index contributed by atoms with van der Waals surface area (Å²) >= 11 is 12.7. The van der Waals surface area contributed by atoms with Crippen LogP contribution in [0.2, 0.25) is 10.0 Å². The number of carbonyl (C=O) groups excluding carboxylic acids is 1. The summed E-state index contributed by atoms with van der Waals surface area (Å²) in [6.07, 6.45) is 0.226. The molecule has 10 heteroatoms. The third-order valence-electron chi connectivity index (χ3n) is 5.34. The summed E-state index contributed by atoms with van der Waals surface area (Å²) in [4.78, 5) is 36.5. The Morgan fingerprint density at radius 2 is 1.94 bits per heavy atom. The molecular weight excluding hydrogens is 457 g/mol. The van der Waals surface area contributed by atoms with E-state index in [1.54, 1.807) is 24.3 Å². The summed E-state index contributed by atoms with van der Waals surface area (Å²) in [5.41, 5.74) is 3.40. The second-order valence-corrected chi connectivity index (χ2v) is 8.48. The van der Waals surface area contributed by atoms with Crippen LogP contribution in [0.15, 0.2) is 36.4 Å². The second kappa shape index (κ2) is 10.2. The zero-order valence-corrected chi connectivity index (χ0v) is 18.8. The number of hydrogen-bond donors (Lipinski definition) is 4. The van der Waals surface area contributed by atoms with Gasteiger partial charge in [0.1, 0.15) is 6.04 Å². The monoisotopic (exact) mass is 479 g/mol. The van der Waals surface area contributed by atoms with Crippen molar-refractivity contribution in [1.82, 2.24) is 10.2 Å². The summed E-state index contributed by atoms with van der Waals surface area (Å²) in [5, 5.41) is 24.1. The van der Waals surface area contributed by atoms with E-state index in [-0.39, 0.29) is 18.9 Å². The third-order valence-corrected chi connectivity index (χ3v) is 5.87. The van der Waals surface area contributed by atoms with Crippen molar-refractivity contribution in [3.63, 3.8) is 0 Å². The fraction of sp³-hybridized carbons (Fsp3) is 0.318. The van der Waals surface area contributed by atoms with Crippen molar-refractivity contribution in [3.05, 3.63) is 63.1 Å². The smallest absolute Gasteiger partial charge is 0.326 e. The molecule has 0 aliphatic carbocycles. The molecule has 1 unspecified atom stereocenters. The minimum atomic E-state index is -1.31. The van der Waals surface area contributed by atoms with Crippen LogP contribution in [-0.2, 0) is 16.0 Å². The lowest BCUT2D eigenvalue weighted by Gasteiger charge is -2.36. The van der Waals surface area contributed by atoms with E-state index in [0.717, 1.165) is 29.7 Å². The molecule has 1 aliphatic heterocycles. The standard InChI is InChI=1S/C22H23Cl2N3O5/c1-27-8-7-12-9-14(23)11-16(24)19(12)20(27)13-3-2-4-15(10-13)25-22(32)26-17(21(30)31)5-6-18(28)29/h2-4,9-11,17,20H,5-8H2,1H3,(H,28,29)(H,30,31)(H2,25,26,32)/t17-,20?/m0/s1. The number of anilines is 1. The van der Waals surface area contributed by atoms with Gasteiger partial charge in [0.15, 0.2) is 0 Å². The van der Waals surface area contributed by atoms with Gasteiger partial charge in [-0.1, -0.05) is 35.3 Å². The van der Waals surface area contributed by atoms with E-state index in [0.29, 0.717) is 15.7 Å². The van der Waals surface area contributed by atoms with Crippen LogP contribution >= 0.6 is 23.2 Å². The fourth-order valence-corrected chi connectivity index (χ4v) is 4.49. The second-order valence-electron chi connectivity index (χ2n) is 7.64. The zero-order chi connectivity index (χ0) is 23.4. The van der Waals surface area contributed by atoms with Crippen LogP contribution in [0.1, 0.15) is 35.6 Å². The molecule has 2 aromatic rings. The van der Waals surface area contributed by atoms with Crippen molar-refractivity contribution in [3.8, 4) is 0 Å². The van der Waals surface area contributed by atoms with Gasteiger partial charge in [-0.05, 0) is 60.8 Å². The number of halogens is 2. The number of amides is 2. The van der Waals surface area contributed by atoms with E-state index in [1.165, 1.54) is 0 Å². The van der Waals surface area contributed by atoms with E-state index in [1.807, 2.05) is 19.2 Å². The Labute approximate surface area is 195 Å². The number of fused-ring (bicyclic) bond motifs is 1. The number of carboxylic acid groups (broad SMARTS) is 2. The predicted octanol–water partition coefficient (Wildman–Crippen LogP) is 4.01. The van der Waals surface area contributed by atoms with Gasteiger partial charge in [-0.2, -0.15) is 0 Å². The summed E-state index contributed by atoms with van der Waals surface area (Å²) in [5.74, 6) is -2.44. The number of nitrogens with one attached hydrogen (secondary N) is 2. The summed E-state index contributed by atoms with van der Waals surface area (Å²) in [7, 11) is 1.99. The van der Waals surface area contributed by atoms with Gasteiger partial charge < -0.3 is 20.8 Å². The predicted molar refractivity (Wildman–Crippen MR) is 122 cm³/mol. The first-order chi connectivity index (χ1) is 15.2.